The maximum Gasteiger partial charge on any atom is 0.341 e. The second-order valence-corrected chi connectivity index (χ2v) is 6.79. The summed E-state index contributed by atoms with van der Waals surface area (Å²) >= 11 is 7.25. The molecular formula is C17H16ClNO3S. The van der Waals surface area contributed by atoms with Crippen LogP contribution in [0.25, 0.3) is 11.1 Å². The minimum Gasteiger partial charge on any atom is -0.465 e. The third kappa shape index (κ3) is 3.26. The van der Waals surface area contributed by atoms with E-state index < -0.39 is 5.97 Å². The van der Waals surface area contributed by atoms with Crippen molar-refractivity contribution in [2.45, 2.75) is 19.3 Å². The minimum absolute atomic E-state index is 0.0223. The summed E-state index contributed by atoms with van der Waals surface area (Å²) in [5.41, 5.74) is 1.99. The van der Waals surface area contributed by atoms with Crippen molar-refractivity contribution in [2.24, 2.45) is 5.92 Å². The molecule has 1 aromatic heterocycles. The summed E-state index contributed by atoms with van der Waals surface area (Å²) in [6.45, 7) is 0. The zero-order chi connectivity index (χ0) is 16.4. The fraction of sp³-hybridized carbons (Fsp3) is 0.294. The molecule has 120 valence electrons. The first-order valence-electron chi connectivity index (χ1n) is 7.36. The SMILES string of the molecule is COC(=O)c1c(-c2ccc(Cl)cc2)csc1NC(=O)C1CCC1. The normalized spacial score (nSPS) is 14.2. The van der Waals surface area contributed by atoms with Crippen molar-refractivity contribution in [3.63, 3.8) is 0 Å². The number of rotatable bonds is 4. The molecule has 0 bridgehead atoms. The Morgan fingerprint density at radius 1 is 1.26 bits per heavy atom. The molecule has 1 aliphatic rings. The maximum atomic E-state index is 12.2. The summed E-state index contributed by atoms with van der Waals surface area (Å²) in [7, 11) is 1.34. The molecule has 0 radical (unpaired) electrons. The van der Waals surface area contributed by atoms with Crippen LogP contribution >= 0.6 is 22.9 Å². The number of esters is 1. The quantitative estimate of drug-likeness (QED) is 0.821. The summed E-state index contributed by atoms with van der Waals surface area (Å²) in [4.78, 5) is 24.4. The van der Waals surface area contributed by atoms with E-state index in [9.17, 15) is 9.59 Å². The summed E-state index contributed by atoms with van der Waals surface area (Å²) in [6, 6.07) is 7.22. The first kappa shape index (κ1) is 16.0. The third-order valence-electron chi connectivity index (χ3n) is 4.05. The van der Waals surface area contributed by atoms with E-state index in [1.54, 1.807) is 12.1 Å². The predicted molar refractivity (Wildman–Crippen MR) is 92.1 cm³/mol. The number of hydrogen-bond acceptors (Lipinski definition) is 4. The molecule has 1 N–H and O–H groups in total. The van der Waals surface area contributed by atoms with Crippen molar-refractivity contribution >= 4 is 39.8 Å². The average molecular weight is 350 g/mol. The molecule has 2 aromatic rings. The molecule has 0 atom stereocenters. The van der Waals surface area contributed by atoms with Crippen LogP contribution in [0.1, 0.15) is 29.6 Å². The summed E-state index contributed by atoms with van der Waals surface area (Å²) in [5.74, 6) is -0.424. The van der Waals surface area contributed by atoms with Crippen LogP contribution in [0.4, 0.5) is 5.00 Å². The van der Waals surface area contributed by atoms with E-state index in [0.29, 0.717) is 15.6 Å². The molecule has 1 aromatic carbocycles. The van der Waals surface area contributed by atoms with Gasteiger partial charge >= 0.3 is 5.97 Å². The van der Waals surface area contributed by atoms with Gasteiger partial charge in [0.15, 0.2) is 0 Å². The Balaban J connectivity index is 1.95. The van der Waals surface area contributed by atoms with Crippen molar-refractivity contribution in [3.05, 3.63) is 40.2 Å². The first-order chi connectivity index (χ1) is 11.1. The highest BCUT2D eigenvalue weighted by Crippen LogP contribution is 2.37. The van der Waals surface area contributed by atoms with E-state index >= 15 is 0 Å². The Morgan fingerprint density at radius 2 is 1.96 bits per heavy atom. The van der Waals surface area contributed by atoms with Gasteiger partial charge in [0.1, 0.15) is 10.6 Å². The lowest BCUT2D eigenvalue weighted by molar-refractivity contribution is -0.122. The molecule has 0 spiro atoms. The van der Waals surface area contributed by atoms with Crippen LogP contribution in [0, 0.1) is 5.92 Å². The molecule has 0 unspecified atom stereocenters. The molecule has 0 saturated heterocycles. The van der Waals surface area contributed by atoms with Gasteiger partial charge in [0, 0.05) is 21.9 Å². The van der Waals surface area contributed by atoms with Crippen LogP contribution in [0.5, 0.6) is 0 Å². The number of benzene rings is 1. The monoisotopic (exact) mass is 349 g/mol. The molecule has 6 heteroatoms. The van der Waals surface area contributed by atoms with E-state index in [1.165, 1.54) is 18.4 Å². The van der Waals surface area contributed by atoms with Crippen LogP contribution < -0.4 is 5.32 Å². The van der Waals surface area contributed by atoms with Crippen LogP contribution in [-0.2, 0) is 9.53 Å². The van der Waals surface area contributed by atoms with Crippen LogP contribution in [0.15, 0.2) is 29.6 Å². The molecule has 23 heavy (non-hydrogen) atoms. The molecular weight excluding hydrogens is 334 g/mol. The zero-order valence-electron chi connectivity index (χ0n) is 12.6. The highest BCUT2D eigenvalue weighted by Gasteiger charge is 2.28. The highest BCUT2D eigenvalue weighted by molar-refractivity contribution is 7.15. The Bertz CT molecular complexity index is 735. The van der Waals surface area contributed by atoms with Gasteiger partial charge in [-0.1, -0.05) is 30.2 Å². The number of nitrogens with one attached hydrogen (secondary N) is 1. The summed E-state index contributed by atoms with van der Waals surface area (Å²) in [6.07, 6.45) is 2.91. The van der Waals surface area contributed by atoms with E-state index in [4.69, 9.17) is 16.3 Å². The lowest BCUT2D eigenvalue weighted by Crippen LogP contribution is -2.28. The Kier molecular flexibility index (Phi) is 4.68. The van der Waals surface area contributed by atoms with Crippen molar-refractivity contribution < 1.29 is 14.3 Å². The van der Waals surface area contributed by atoms with Gasteiger partial charge in [-0.15, -0.1) is 11.3 Å². The van der Waals surface area contributed by atoms with Crippen molar-refractivity contribution in [1.29, 1.82) is 0 Å². The number of ether oxygens (including phenoxy) is 1. The number of thiophene rings is 1. The largest absolute Gasteiger partial charge is 0.465 e. The fourth-order valence-corrected chi connectivity index (χ4v) is 3.57. The van der Waals surface area contributed by atoms with Gasteiger partial charge in [-0.25, -0.2) is 4.79 Å². The van der Waals surface area contributed by atoms with E-state index in [1.807, 2.05) is 17.5 Å². The number of anilines is 1. The second kappa shape index (κ2) is 6.72. The van der Waals surface area contributed by atoms with Crippen LogP contribution in [0.3, 0.4) is 0 Å². The smallest absolute Gasteiger partial charge is 0.341 e. The summed E-state index contributed by atoms with van der Waals surface area (Å²) in [5, 5.41) is 5.90. The first-order valence-corrected chi connectivity index (χ1v) is 8.62. The maximum absolute atomic E-state index is 12.2. The average Bonchev–Trinajstić information content (AvgIpc) is 2.89. The molecule has 1 fully saturated rings. The fourth-order valence-electron chi connectivity index (χ4n) is 2.48. The Labute approximate surface area is 143 Å². The standard InChI is InChI=1S/C17H16ClNO3S/c1-22-17(21)14-13(10-5-7-12(18)8-6-10)9-23-16(14)19-15(20)11-3-2-4-11/h5-9,11H,2-4H2,1H3,(H,19,20). The van der Waals surface area contributed by atoms with E-state index in [2.05, 4.69) is 5.32 Å². The lowest BCUT2D eigenvalue weighted by atomic mass is 9.85. The number of halogens is 1. The number of amides is 1. The van der Waals surface area contributed by atoms with Gasteiger partial charge in [0.2, 0.25) is 5.91 Å². The minimum atomic E-state index is -0.458. The number of methoxy groups -OCH3 is 1. The molecule has 3 rings (SSSR count). The van der Waals surface area contributed by atoms with Gasteiger partial charge in [-0.3, -0.25) is 4.79 Å². The van der Waals surface area contributed by atoms with Crippen molar-refractivity contribution in [3.8, 4) is 11.1 Å². The highest BCUT2D eigenvalue weighted by atomic mass is 35.5. The number of carbonyl (C=O) groups is 2. The Morgan fingerprint density at radius 3 is 2.52 bits per heavy atom. The second-order valence-electron chi connectivity index (χ2n) is 5.47. The van der Waals surface area contributed by atoms with E-state index in [0.717, 1.165) is 30.4 Å². The van der Waals surface area contributed by atoms with Gasteiger partial charge in [0.25, 0.3) is 0 Å². The van der Waals surface area contributed by atoms with Crippen molar-refractivity contribution in [2.75, 3.05) is 12.4 Å². The third-order valence-corrected chi connectivity index (χ3v) is 5.20. The molecule has 1 saturated carbocycles. The van der Waals surface area contributed by atoms with Gasteiger partial charge < -0.3 is 10.1 Å². The van der Waals surface area contributed by atoms with Crippen molar-refractivity contribution in [1.82, 2.24) is 0 Å². The molecule has 1 heterocycles. The van der Waals surface area contributed by atoms with Crippen LogP contribution in [-0.4, -0.2) is 19.0 Å². The molecule has 4 nitrogen and oxygen atoms in total. The molecule has 1 amide bonds. The predicted octanol–water partition coefficient (Wildman–Crippen LogP) is 4.59. The van der Waals surface area contributed by atoms with Gasteiger partial charge in [-0.05, 0) is 30.5 Å². The number of carbonyl (C=O) groups excluding carboxylic acids is 2. The van der Waals surface area contributed by atoms with Gasteiger partial charge in [0.05, 0.1) is 7.11 Å². The zero-order valence-corrected chi connectivity index (χ0v) is 14.2. The molecule has 1 aliphatic carbocycles. The van der Waals surface area contributed by atoms with Gasteiger partial charge in [-0.2, -0.15) is 0 Å². The Hall–Kier alpha value is -1.85. The summed E-state index contributed by atoms with van der Waals surface area (Å²) < 4.78 is 4.89. The molecule has 0 aliphatic heterocycles. The topological polar surface area (TPSA) is 55.4 Å². The van der Waals surface area contributed by atoms with Crippen LogP contribution in [0.2, 0.25) is 5.02 Å². The van der Waals surface area contributed by atoms with E-state index in [-0.39, 0.29) is 11.8 Å². The number of hydrogen-bond donors (Lipinski definition) is 1. The lowest BCUT2D eigenvalue weighted by Gasteiger charge is -2.23.